The highest BCUT2D eigenvalue weighted by molar-refractivity contribution is 6.37. The minimum Gasteiger partial charge on any atom is -0.479 e. The van der Waals surface area contributed by atoms with Crippen LogP contribution >= 0.6 is 23.2 Å². The van der Waals surface area contributed by atoms with Crippen LogP contribution < -0.4 is 4.74 Å². The Kier molecular flexibility index (Phi) is 8.55. The molecule has 0 bridgehead atoms. The summed E-state index contributed by atoms with van der Waals surface area (Å²) in [5.74, 6) is 0.630. The Morgan fingerprint density at radius 1 is 1.14 bits per heavy atom. The number of ether oxygens (including phenoxy) is 2. The zero-order chi connectivity index (χ0) is 15.7. The molecule has 21 heavy (non-hydrogen) atoms. The first kappa shape index (κ1) is 18.1. The number of carbonyl (C=O) groups excluding carboxylic acids is 1. The summed E-state index contributed by atoms with van der Waals surface area (Å²) in [4.78, 5) is 11.5. The molecule has 0 spiro atoms. The number of carbonyl (C=O) groups is 1. The Bertz CT molecular complexity index is 427. The molecule has 3 nitrogen and oxygen atoms in total. The maximum atomic E-state index is 11.5. The number of benzene rings is 1. The normalized spacial score (nSPS) is 10.7. The number of hydrogen-bond acceptors (Lipinski definition) is 3. The monoisotopic (exact) mass is 332 g/mol. The lowest BCUT2D eigenvalue weighted by Crippen LogP contribution is -2.15. The maximum Gasteiger partial charge on any atom is 0.344 e. The van der Waals surface area contributed by atoms with Crippen LogP contribution in [0.15, 0.2) is 18.2 Å². The molecule has 0 fully saturated rings. The Labute approximate surface area is 136 Å². The van der Waals surface area contributed by atoms with Crippen molar-refractivity contribution in [1.29, 1.82) is 0 Å². The summed E-state index contributed by atoms with van der Waals surface area (Å²) in [5, 5.41) is 0.757. The summed E-state index contributed by atoms with van der Waals surface area (Å²) >= 11 is 11.9. The van der Waals surface area contributed by atoms with E-state index in [2.05, 4.69) is 13.8 Å². The molecule has 0 radical (unpaired) electrons. The predicted octanol–water partition coefficient (Wildman–Crippen LogP) is 5.13. The lowest BCUT2D eigenvalue weighted by Gasteiger charge is -2.09. The summed E-state index contributed by atoms with van der Waals surface area (Å²) < 4.78 is 10.4. The van der Waals surface area contributed by atoms with Crippen LogP contribution in [-0.2, 0) is 9.53 Å². The first-order chi connectivity index (χ1) is 10.0. The summed E-state index contributed by atoms with van der Waals surface area (Å²) in [6, 6.07) is 5.03. The van der Waals surface area contributed by atoms with E-state index >= 15 is 0 Å². The van der Waals surface area contributed by atoms with Crippen molar-refractivity contribution in [3.8, 4) is 5.75 Å². The van der Waals surface area contributed by atoms with Crippen molar-refractivity contribution in [2.45, 2.75) is 39.5 Å². The molecule has 1 aromatic carbocycles. The van der Waals surface area contributed by atoms with Gasteiger partial charge in [-0.15, -0.1) is 0 Å². The third kappa shape index (κ3) is 7.58. The molecule has 5 heteroatoms. The van der Waals surface area contributed by atoms with Gasteiger partial charge in [-0.1, -0.05) is 62.4 Å². The van der Waals surface area contributed by atoms with Crippen molar-refractivity contribution in [2.24, 2.45) is 5.92 Å². The lowest BCUT2D eigenvalue weighted by atomic mass is 10.1. The van der Waals surface area contributed by atoms with E-state index in [0.717, 1.165) is 18.8 Å². The minimum absolute atomic E-state index is 0.185. The van der Waals surface area contributed by atoms with E-state index in [1.54, 1.807) is 18.2 Å². The zero-order valence-corrected chi connectivity index (χ0v) is 14.0. The Morgan fingerprint density at radius 2 is 1.81 bits per heavy atom. The summed E-state index contributed by atoms with van der Waals surface area (Å²) in [6.07, 6.45) is 4.33. The molecular weight excluding hydrogens is 311 g/mol. The van der Waals surface area contributed by atoms with E-state index < -0.39 is 5.97 Å². The number of rotatable bonds is 9. The molecule has 0 amide bonds. The number of para-hydroxylation sites is 1. The van der Waals surface area contributed by atoms with Crippen molar-refractivity contribution in [1.82, 2.24) is 0 Å². The first-order valence-corrected chi connectivity index (χ1v) is 7.98. The van der Waals surface area contributed by atoms with Gasteiger partial charge in [0.1, 0.15) is 0 Å². The minimum atomic E-state index is -0.408. The van der Waals surface area contributed by atoms with E-state index in [1.165, 1.54) is 12.8 Å². The second-order valence-electron chi connectivity index (χ2n) is 5.30. The fraction of sp³-hybridized carbons (Fsp3) is 0.562. The van der Waals surface area contributed by atoms with Crippen LogP contribution in [0.1, 0.15) is 39.5 Å². The largest absolute Gasteiger partial charge is 0.479 e. The van der Waals surface area contributed by atoms with Crippen molar-refractivity contribution >= 4 is 29.2 Å². The van der Waals surface area contributed by atoms with Crippen molar-refractivity contribution in [2.75, 3.05) is 13.2 Å². The van der Waals surface area contributed by atoms with Gasteiger partial charge in [0.25, 0.3) is 0 Å². The van der Waals surface area contributed by atoms with Gasteiger partial charge in [0, 0.05) is 0 Å². The Balaban J connectivity index is 2.17. The lowest BCUT2D eigenvalue weighted by molar-refractivity contribution is -0.146. The van der Waals surface area contributed by atoms with E-state index in [-0.39, 0.29) is 6.61 Å². The quantitative estimate of drug-likeness (QED) is 0.464. The average Bonchev–Trinajstić information content (AvgIpc) is 2.41. The highest BCUT2D eigenvalue weighted by Gasteiger charge is 2.10. The van der Waals surface area contributed by atoms with Crippen molar-refractivity contribution in [3.05, 3.63) is 28.2 Å². The van der Waals surface area contributed by atoms with Crippen LogP contribution in [0, 0.1) is 5.92 Å². The molecule has 0 unspecified atom stereocenters. The average molecular weight is 333 g/mol. The van der Waals surface area contributed by atoms with E-state index in [9.17, 15) is 4.79 Å². The maximum absolute atomic E-state index is 11.5. The Morgan fingerprint density at radius 3 is 2.43 bits per heavy atom. The predicted molar refractivity (Wildman–Crippen MR) is 86.2 cm³/mol. The smallest absolute Gasteiger partial charge is 0.344 e. The molecule has 0 aliphatic carbocycles. The second kappa shape index (κ2) is 9.91. The topological polar surface area (TPSA) is 35.5 Å². The first-order valence-electron chi connectivity index (χ1n) is 7.23. The van der Waals surface area contributed by atoms with Crippen molar-refractivity contribution in [3.63, 3.8) is 0 Å². The summed E-state index contributed by atoms with van der Waals surface area (Å²) in [7, 11) is 0. The van der Waals surface area contributed by atoms with Crippen LogP contribution in [0.2, 0.25) is 10.0 Å². The molecule has 0 atom stereocenters. The fourth-order valence-corrected chi connectivity index (χ4v) is 2.32. The summed E-state index contributed by atoms with van der Waals surface area (Å²) in [5.41, 5.74) is 0. The van der Waals surface area contributed by atoms with E-state index in [0.29, 0.717) is 22.4 Å². The van der Waals surface area contributed by atoms with Crippen LogP contribution in [0.25, 0.3) is 0 Å². The number of unbranched alkanes of at least 4 members (excludes halogenated alkanes) is 2. The van der Waals surface area contributed by atoms with Gasteiger partial charge in [-0.3, -0.25) is 0 Å². The van der Waals surface area contributed by atoms with Crippen molar-refractivity contribution < 1.29 is 14.3 Å². The highest BCUT2D eigenvalue weighted by Crippen LogP contribution is 2.32. The molecule has 118 valence electrons. The molecule has 0 aromatic heterocycles. The highest BCUT2D eigenvalue weighted by atomic mass is 35.5. The number of hydrogen-bond donors (Lipinski definition) is 0. The van der Waals surface area contributed by atoms with Gasteiger partial charge in [0.2, 0.25) is 0 Å². The van der Waals surface area contributed by atoms with Gasteiger partial charge in [0.15, 0.2) is 12.4 Å². The standard InChI is InChI=1S/C16H22Cl2O3/c1-12(2)7-4-3-5-10-20-15(19)11-21-16-13(17)8-6-9-14(16)18/h6,8-9,12H,3-5,7,10-11H2,1-2H3. The van der Waals surface area contributed by atoms with Crippen LogP contribution in [0.5, 0.6) is 5.75 Å². The van der Waals surface area contributed by atoms with Gasteiger partial charge < -0.3 is 9.47 Å². The number of esters is 1. The third-order valence-corrected chi connectivity index (χ3v) is 3.54. The molecule has 0 aliphatic rings. The van der Waals surface area contributed by atoms with Gasteiger partial charge in [-0.05, 0) is 24.5 Å². The van der Waals surface area contributed by atoms with Crippen LogP contribution in [-0.4, -0.2) is 19.2 Å². The zero-order valence-electron chi connectivity index (χ0n) is 12.5. The fourth-order valence-electron chi connectivity index (χ4n) is 1.81. The van der Waals surface area contributed by atoms with Gasteiger partial charge in [-0.25, -0.2) is 4.79 Å². The third-order valence-electron chi connectivity index (χ3n) is 2.94. The second-order valence-corrected chi connectivity index (χ2v) is 6.12. The molecule has 0 aliphatic heterocycles. The van der Waals surface area contributed by atoms with Gasteiger partial charge >= 0.3 is 5.97 Å². The molecule has 0 saturated heterocycles. The molecule has 0 saturated carbocycles. The van der Waals surface area contributed by atoms with Gasteiger partial charge in [0.05, 0.1) is 16.7 Å². The molecule has 0 N–H and O–H groups in total. The Hall–Kier alpha value is -0.930. The van der Waals surface area contributed by atoms with Gasteiger partial charge in [-0.2, -0.15) is 0 Å². The number of halogens is 2. The van der Waals surface area contributed by atoms with Crippen LogP contribution in [0.4, 0.5) is 0 Å². The summed E-state index contributed by atoms with van der Waals surface area (Å²) in [6.45, 7) is 4.65. The molecule has 0 heterocycles. The van der Waals surface area contributed by atoms with Crippen LogP contribution in [0.3, 0.4) is 0 Å². The SMILES string of the molecule is CC(C)CCCCCOC(=O)COc1c(Cl)cccc1Cl. The molecule has 1 rings (SSSR count). The van der Waals surface area contributed by atoms with E-state index in [4.69, 9.17) is 32.7 Å². The molecule has 1 aromatic rings. The van der Waals surface area contributed by atoms with E-state index in [1.807, 2.05) is 0 Å². The molecular formula is C16H22Cl2O3.